The van der Waals surface area contributed by atoms with Crippen LogP contribution in [0.4, 0.5) is 0 Å². The predicted molar refractivity (Wildman–Crippen MR) is 74.4 cm³/mol. The molecule has 1 saturated heterocycles. The molecule has 0 bridgehead atoms. The molecule has 0 atom stereocenters. The second-order valence-electron chi connectivity index (χ2n) is 4.40. The van der Waals surface area contributed by atoms with Crippen LogP contribution in [0, 0.1) is 0 Å². The third-order valence-corrected chi connectivity index (χ3v) is 12.9. The Morgan fingerprint density at radius 1 is 0.667 bits per heavy atom. The molecule has 0 spiro atoms. The molecule has 1 aliphatic rings. The van der Waals surface area contributed by atoms with Gasteiger partial charge in [0.15, 0.2) is 0 Å². The quantitative estimate of drug-likeness (QED) is 0.770. The average Bonchev–Trinajstić information content (AvgIpc) is 2.50. The molecule has 0 radical (unpaired) electrons. The fourth-order valence-corrected chi connectivity index (χ4v) is 11.5. The van der Waals surface area contributed by atoms with Crippen LogP contribution in [-0.4, -0.2) is 32.4 Å². The molecule has 0 amide bonds. The number of benzene rings is 2. The molecule has 18 heavy (non-hydrogen) atoms. The molecule has 0 saturated carbocycles. The summed E-state index contributed by atoms with van der Waals surface area (Å²) in [6, 6.07) is 20.9. The standard InChI is InChI=1S/2C6H5.C3H6O2.Sn/c2*1-2-4-6-5-3-1;4-2-1-3-5;/h2*1-5H;1-3H2;/q;;-2;+2. The van der Waals surface area contributed by atoms with Crippen LogP contribution in [0.15, 0.2) is 60.7 Å². The van der Waals surface area contributed by atoms with E-state index in [2.05, 4.69) is 48.5 Å². The zero-order valence-electron chi connectivity index (χ0n) is 10.2. The second-order valence-corrected chi connectivity index (χ2v) is 12.9. The summed E-state index contributed by atoms with van der Waals surface area (Å²) in [5.74, 6) is 0. The van der Waals surface area contributed by atoms with Gasteiger partial charge in [0.1, 0.15) is 0 Å². The molecule has 0 unspecified atom stereocenters. The van der Waals surface area contributed by atoms with Crippen molar-refractivity contribution < 1.29 is 6.15 Å². The van der Waals surface area contributed by atoms with E-state index >= 15 is 0 Å². The first-order chi connectivity index (χ1) is 8.92. The van der Waals surface area contributed by atoms with Crippen molar-refractivity contribution in [3.8, 4) is 0 Å². The van der Waals surface area contributed by atoms with Gasteiger partial charge in [-0.25, -0.2) is 0 Å². The Balaban J connectivity index is 2.10. The van der Waals surface area contributed by atoms with Crippen LogP contribution in [-0.2, 0) is 6.15 Å². The van der Waals surface area contributed by atoms with Crippen molar-refractivity contribution in [3.05, 3.63) is 60.7 Å². The fraction of sp³-hybridized carbons (Fsp3) is 0.200. The third-order valence-electron chi connectivity index (χ3n) is 3.21. The molecule has 2 aromatic rings. The van der Waals surface area contributed by atoms with Crippen molar-refractivity contribution >= 4 is 26.4 Å². The van der Waals surface area contributed by atoms with Gasteiger partial charge in [0.05, 0.1) is 0 Å². The van der Waals surface area contributed by atoms with Gasteiger partial charge in [-0.3, -0.25) is 0 Å². The van der Waals surface area contributed by atoms with Crippen molar-refractivity contribution in [2.45, 2.75) is 6.42 Å². The zero-order valence-corrected chi connectivity index (χ0v) is 13.1. The zero-order chi connectivity index (χ0) is 12.3. The Bertz CT molecular complexity index is 451. The van der Waals surface area contributed by atoms with Gasteiger partial charge in [-0.05, 0) is 0 Å². The number of hydrogen-bond donors (Lipinski definition) is 0. The number of hydrogen-bond acceptors (Lipinski definition) is 2. The molecule has 0 aromatic heterocycles. The summed E-state index contributed by atoms with van der Waals surface area (Å²) in [7, 11) is 0. The first-order valence-corrected chi connectivity index (χ1v) is 11.5. The van der Waals surface area contributed by atoms with Crippen LogP contribution in [0.1, 0.15) is 6.42 Å². The van der Waals surface area contributed by atoms with E-state index in [-0.39, 0.29) is 0 Å². The first-order valence-electron chi connectivity index (χ1n) is 6.31. The summed E-state index contributed by atoms with van der Waals surface area (Å²) in [5, 5.41) is 0. The summed E-state index contributed by atoms with van der Waals surface area (Å²) in [4.78, 5) is 0. The van der Waals surface area contributed by atoms with E-state index in [1.54, 1.807) is 0 Å². The summed E-state index contributed by atoms with van der Waals surface area (Å²) in [5.41, 5.74) is 0. The van der Waals surface area contributed by atoms with Crippen LogP contribution in [0.5, 0.6) is 0 Å². The topological polar surface area (TPSA) is 18.5 Å². The van der Waals surface area contributed by atoms with Crippen molar-refractivity contribution in [2.24, 2.45) is 0 Å². The molecule has 0 N–H and O–H groups in total. The molecule has 1 heterocycles. The molecule has 92 valence electrons. The maximum absolute atomic E-state index is 6.23. The first kappa shape index (κ1) is 12.2. The maximum atomic E-state index is 6.23. The van der Waals surface area contributed by atoms with Gasteiger partial charge < -0.3 is 0 Å². The third kappa shape index (κ3) is 2.20. The Labute approximate surface area is 113 Å². The average molecular weight is 347 g/mol. The molecular formula is C15H16O2Sn. The van der Waals surface area contributed by atoms with Gasteiger partial charge in [0.25, 0.3) is 0 Å². The van der Waals surface area contributed by atoms with Crippen molar-refractivity contribution in [1.29, 1.82) is 0 Å². The normalized spacial score (nSPS) is 18.4. The molecule has 2 aromatic carbocycles. The summed E-state index contributed by atoms with van der Waals surface area (Å²) < 4.78 is 15.0. The molecule has 2 nitrogen and oxygen atoms in total. The van der Waals surface area contributed by atoms with E-state index in [4.69, 9.17) is 6.15 Å². The Morgan fingerprint density at radius 3 is 1.56 bits per heavy atom. The van der Waals surface area contributed by atoms with E-state index in [0.29, 0.717) is 0 Å². The van der Waals surface area contributed by atoms with Crippen LogP contribution in [0.3, 0.4) is 0 Å². The second kappa shape index (κ2) is 5.43. The Hall–Kier alpha value is -0.841. The van der Waals surface area contributed by atoms with E-state index < -0.39 is 19.2 Å². The summed E-state index contributed by atoms with van der Waals surface area (Å²) >= 11 is -3.31. The predicted octanol–water partition coefficient (Wildman–Crippen LogP) is 1.68. The molecule has 0 aliphatic carbocycles. The molecule has 1 fully saturated rings. The van der Waals surface area contributed by atoms with Gasteiger partial charge in [0, 0.05) is 0 Å². The van der Waals surface area contributed by atoms with Crippen molar-refractivity contribution in [3.63, 3.8) is 0 Å². The Kier molecular flexibility index (Phi) is 3.68. The van der Waals surface area contributed by atoms with E-state index in [1.165, 1.54) is 7.16 Å². The van der Waals surface area contributed by atoms with Gasteiger partial charge in [-0.1, -0.05) is 0 Å². The van der Waals surface area contributed by atoms with Crippen molar-refractivity contribution in [2.75, 3.05) is 13.2 Å². The molecule has 3 heteroatoms. The summed E-state index contributed by atoms with van der Waals surface area (Å²) in [6.45, 7) is 1.64. The van der Waals surface area contributed by atoms with Gasteiger partial charge in [-0.2, -0.15) is 0 Å². The van der Waals surface area contributed by atoms with Crippen molar-refractivity contribution in [1.82, 2.24) is 0 Å². The SMILES string of the molecule is c1cc[c]([Sn]2([c]3ccccc3)[O]CCC[O]2)cc1. The Morgan fingerprint density at radius 2 is 1.11 bits per heavy atom. The van der Waals surface area contributed by atoms with Gasteiger partial charge in [0.2, 0.25) is 0 Å². The fourth-order valence-electron chi connectivity index (χ4n) is 2.35. The molecular weight excluding hydrogens is 331 g/mol. The van der Waals surface area contributed by atoms with Gasteiger partial charge >= 0.3 is 113 Å². The van der Waals surface area contributed by atoms with E-state index in [9.17, 15) is 0 Å². The summed E-state index contributed by atoms with van der Waals surface area (Å²) in [6.07, 6.45) is 0.998. The van der Waals surface area contributed by atoms with Crippen LogP contribution >= 0.6 is 0 Å². The van der Waals surface area contributed by atoms with Crippen LogP contribution in [0.2, 0.25) is 0 Å². The monoisotopic (exact) mass is 348 g/mol. The molecule has 3 rings (SSSR count). The van der Waals surface area contributed by atoms with Gasteiger partial charge in [-0.15, -0.1) is 0 Å². The number of rotatable bonds is 2. The van der Waals surface area contributed by atoms with Crippen LogP contribution in [0.25, 0.3) is 0 Å². The van der Waals surface area contributed by atoms with Crippen LogP contribution < -0.4 is 7.16 Å². The minimum absolute atomic E-state index is 0.819. The van der Waals surface area contributed by atoms with E-state index in [1.807, 2.05) is 12.1 Å². The molecule has 1 aliphatic heterocycles. The van der Waals surface area contributed by atoms with E-state index in [0.717, 1.165) is 19.6 Å². The minimum atomic E-state index is -3.31.